The SMILES string of the molecule is CCNC(=O)[C@@H](C)OC(=O)/C=C/c1ccc(OC)c(F)c1. The number of carbonyl (C=O) groups is 2. The summed E-state index contributed by atoms with van der Waals surface area (Å²) in [5, 5.41) is 2.54. The van der Waals surface area contributed by atoms with E-state index in [1.54, 1.807) is 13.0 Å². The van der Waals surface area contributed by atoms with E-state index < -0.39 is 17.9 Å². The number of rotatable bonds is 6. The van der Waals surface area contributed by atoms with Crippen LogP contribution in [-0.2, 0) is 14.3 Å². The quantitative estimate of drug-likeness (QED) is 0.643. The standard InChI is InChI=1S/C15H18FNO4/c1-4-17-15(19)10(2)21-14(18)8-6-11-5-7-13(20-3)12(16)9-11/h5-10H,4H2,1-3H3,(H,17,19)/b8-6+/t10-/m1/s1. The molecule has 0 aliphatic heterocycles. The lowest BCUT2D eigenvalue weighted by molar-refractivity contribution is -0.150. The fraction of sp³-hybridized carbons (Fsp3) is 0.333. The molecular formula is C15H18FNO4. The lowest BCUT2D eigenvalue weighted by atomic mass is 10.2. The molecule has 0 aliphatic rings. The molecule has 0 radical (unpaired) electrons. The van der Waals surface area contributed by atoms with Gasteiger partial charge in [0, 0.05) is 12.6 Å². The fourth-order valence-electron chi connectivity index (χ4n) is 1.54. The largest absolute Gasteiger partial charge is 0.494 e. The van der Waals surface area contributed by atoms with Crippen LogP contribution in [0.5, 0.6) is 5.75 Å². The molecule has 0 heterocycles. The lowest BCUT2D eigenvalue weighted by Gasteiger charge is -2.10. The third-order valence-electron chi connectivity index (χ3n) is 2.60. The zero-order valence-electron chi connectivity index (χ0n) is 12.2. The van der Waals surface area contributed by atoms with Crippen molar-refractivity contribution in [1.29, 1.82) is 0 Å². The van der Waals surface area contributed by atoms with E-state index in [0.29, 0.717) is 12.1 Å². The Kier molecular flexibility index (Phi) is 6.39. The second-order valence-corrected chi connectivity index (χ2v) is 4.20. The van der Waals surface area contributed by atoms with Gasteiger partial charge < -0.3 is 14.8 Å². The first-order valence-corrected chi connectivity index (χ1v) is 6.47. The summed E-state index contributed by atoms with van der Waals surface area (Å²) in [7, 11) is 1.37. The zero-order chi connectivity index (χ0) is 15.8. The van der Waals surface area contributed by atoms with Crippen LogP contribution in [0.2, 0.25) is 0 Å². The molecule has 0 fully saturated rings. The highest BCUT2D eigenvalue weighted by atomic mass is 19.1. The van der Waals surface area contributed by atoms with Gasteiger partial charge in [-0.25, -0.2) is 9.18 Å². The molecule has 1 rings (SSSR count). The summed E-state index contributed by atoms with van der Waals surface area (Å²) in [5.41, 5.74) is 0.482. The van der Waals surface area contributed by atoms with E-state index in [-0.39, 0.29) is 11.7 Å². The van der Waals surface area contributed by atoms with Gasteiger partial charge in [-0.05, 0) is 37.6 Å². The number of halogens is 1. The molecule has 1 aromatic rings. The third kappa shape index (κ3) is 5.25. The van der Waals surface area contributed by atoms with E-state index in [1.807, 2.05) is 0 Å². The molecule has 1 aromatic carbocycles. The number of esters is 1. The molecule has 6 heteroatoms. The number of carbonyl (C=O) groups excluding carboxylic acids is 2. The van der Waals surface area contributed by atoms with Crippen LogP contribution in [0.4, 0.5) is 4.39 Å². The Labute approximate surface area is 122 Å². The monoisotopic (exact) mass is 295 g/mol. The summed E-state index contributed by atoms with van der Waals surface area (Å²) in [6.07, 6.45) is 1.65. The minimum Gasteiger partial charge on any atom is -0.494 e. The summed E-state index contributed by atoms with van der Waals surface area (Å²) < 4.78 is 23.1. The highest BCUT2D eigenvalue weighted by Gasteiger charge is 2.15. The number of amides is 1. The number of ether oxygens (including phenoxy) is 2. The molecule has 0 aromatic heterocycles. The first-order valence-electron chi connectivity index (χ1n) is 6.47. The van der Waals surface area contributed by atoms with Gasteiger partial charge in [0.15, 0.2) is 17.7 Å². The molecule has 0 saturated carbocycles. The second kappa shape index (κ2) is 8.04. The van der Waals surface area contributed by atoms with Crippen LogP contribution in [0.1, 0.15) is 19.4 Å². The van der Waals surface area contributed by atoms with Crippen LogP contribution in [0.15, 0.2) is 24.3 Å². The molecule has 0 saturated heterocycles. The van der Waals surface area contributed by atoms with Crippen LogP contribution < -0.4 is 10.1 Å². The van der Waals surface area contributed by atoms with Crippen LogP contribution in [-0.4, -0.2) is 31.6 Å². The summed E-state index contributed by atoms with van der Waals surface area (Å²) in [5.74, 6) is -1.44. The van der Waals surface area contributed by atoms with Crippen molar-refractivity contribution in [2.45, 2.75) is 20.0 Å². The Morgan fingerprint density at radius 3 is 2.71 bits per heavy atom. The zero-order valence-corrected chi connectivity index (χ0v) is 12.2. The van der Waals surface area contributed by atoms with Gasteiger partial charge in [-0.15, -0.1) is 0 Å². The first kappa shape index (κ1) is 16.7. The maximum atomic E-state index is 13.4. The smallest absolute Gasteiger partial charge is 0.331 e. The van der Waals surface area contributed by atoms with Crippen LogP contribution in [0.25, 0.3) is 6.08 Å². The normalized spacial score (nSPS) is 12.0. The Balaban J connectivity index is 2.62. The fourth-order valence-corrected chi connectivity index (χ4v) is 1.54. The molecule has 114 valence electrons. The minimum atomic E-state index is -0.880. The molecule has 1 atom stereocenters. The Morgan fingerprint density at radius 1 is 1.43 bits per heavy atom. The van der Waals surface area contributed by atoms with Crippen molar-refractivity contribution in [3.05, 3.63) is 35.7 Å². The Morgan fingerprint density at radius 2 is 2.14 bits per heavy atom. The summed E-state index contributed by atoms with van der Waals surface area (Å²) in [4.78, 5) is 22.9. The highest BCUT2D eigenvalue weighted by Crippen LogP contribution is 2.18. The lowest BCUT2D eigenvalue weighted by Crippen LogP contribution is -2.35. The first-order chi connectivity index (χ1) is 9.97. The van der Waals surface area contributed by atoms with Crippen LogP contribution in [0.3, 0.4) is 0 Å². The molecule has 1 N–H and O–H groups in total. The van der Waals surface area contributed by atoms with Crippen molar-refractivity contribution in [2.75, 3.05) is 13.7 Å². The van der Waals surface area contributed by atoms with Gasteiger partial charge in [0.25, 0.3) is 5.91 Å². The van der Waals surface area contributed by atoms with Gasteiger partial charge in [0.05, 0.1) is 7.11 Å². The molecule has 0 unspecified atom stereocenters. The maximum absolute atomic E-state index is 13.4. The topological polar surface area (TPSA) is 64.6 Å². The number of methoxy groups -OCH3 is 1. The van der Waals surface area contributed by atoms with Gasteiger partial charge in [0.2, 0.25) is 0 Å². The Bertz CT molecular complexity index is 542. The second-order valence-electron chi connectivity index (χ2n) is 4.20. The van der Waals surface area contributed by atoms with E-state index in [1.165, 1.54) is 32.2 Å². The van der Waals surface area contributed by atoms with Crippen molar-refractivity contribution in [3.63, 3.8) is 0 Å². The maximum Gasteiger partial charge on any atom is 0.331 e. The predicted molar refractivity (Wildman–Crippen MR) is 76.2 cm³/mol. The van der Waals surface area contributed by atoms with Gasteiger partial charge in [0.1, 0.15) is 0 Å². The summed E-state index contributed by atoms with van der Waals surface area (Å²) >= 11 is 0. The molecule has 0 spiro atoms. The molecular weight excluding hydrogens is 277 g/mol. The summed E-state index contributed by atoms with van der Waals surface area (Å²) in [6, 6.07) is 4.28. The minimum absolute atomic E-state index is 0.125. The average Bonchev–Trinajstić information content (AvgIpc) is 2.45. The van der Waals surface area contributed by atoms with E-state index >= 15 is 0 Å². The number of benzene rings is 1. The average molecular weight is 295 g/mol. The van der Waals surface area contributed by atoms with Crippen molar-refractivity contribution in [2.24, 2.45) is 0 Å². The van der Waals surface area contributed by atoms with Crippen molar-refractivity contribution >= 4 is 18.0 Å². The van der Waals surface area contributed by atoms with Crippen molar-refractivity contribution < 1.29 is 23.5 Å². The predicted octanol–water partition coefficient (Wildman–Crippen LogP) is 1.92. The Hall–Kier alpha value is -2.37. The van der Waals surface area contributed by atoms with Crippen LogP contribution >= 0.6 is 0 Å². The van der Waals surface area contributed by atoms with E-state index in [2.05, 4.69) is 5.32 Å². The van der Waals surface area contributed by atoms with Crippen molar-refractivity contribution in [3.8, 4) is 5.75 Å². The van der Waals surface area contributed by atoms with Gasteiger partial charge in [-0.1, -0.05) is 6.07 Å². The van der Waals surface area contributed by atoms with Gasteiger partial charge in [-0.2, -0.15) is 0 Å². The van der Waals surface area contributed by atoms with E-state index in [0.717, 1.165) is 6.08 Å². The number of nitrogens with one attached hydrogen (secondary N) is 1. The molecule has 1 amide bonds. The molecule has 0 bridgehead atoms. The van der Waals surface area contributed by atoms with Gasteiger partial charge in [-0.3, -0.25) is 4.79 Å². The highest BCUT2D eigenvalue weighted by molar-refractivity contribution is 5.90. The number of likely N-dealkylation sites (N-methyl/N-ethyl adjacent to an activating group) is 1. The molecule has 5 nitrogen and oxygen atoms in total. The molecule has 0 aliphatic carbocycles. The summed E-state index contributed by atoms with van der Waals surface area (Å²) in [6.45, 7) is 3.70. The number of hydrogen-bond acceptors (Lipinski definition) is 4. The van der Waals surface area contributed by atoms with Crippen molar-refractivity contribution in [1.82, 2.24) is 5.32 Å². The van der Waals surface area contributed by atoms with E-state index in [4.69, 9.17) is 9.47 Å². The molecule has 21 heavy (non-hydrogen) atoms. The van der Waals surface area contributed by atoms with Crippen LogP contribution in [0, 0.1) is 5.82 Å². The third-order valence-corrected chi connectivity index (χ3v) is 2.60. The van der Waals surface area contributed by atoms with E-state index in [9.17, 15) is 14.0 Å². The van der Waals surface area contributed by atoms with Gasteiger partial charge >= 0.3 is 5.97 Å². The number of hydrogen-bond donors (Lipinski definition) is 1.